The second-order valence-electron chi connectivity index (χ2n) is 3.01. The Hall–Kier alpha value is -0.250. The Bertz CT molecular complexity index is 299. The van der Waals surface area contributed by atoms with E-state index in [4.69, 9.17) is 27.9 Å². The number of aromatic nitrogens is 2. The van der Waals surface area contributed by atoms with Gasteiger partial charge in [-0.3, -0.25) is 4.68 Å². The number of hydrogen-bond donors (Lipinski definition) is 0. The van der Waals surface area contributed by atoms with Crippen LogP contribution in [-0.4, -0.2) is 28.9 Å². The second-order valence-corrected chi connectivity index (χ2v) is 3.77. The van der Waals surface area contributed by atoms with Gasteiger partial charge in [0.2, 0.25) is 0 Å². The van der Waals surface area contributed by atoms with E-state index in [2.05, 4.69) is 5.10 Å². The molecule has 80 valence electrons. The van der Waals surface area contributed by atoms with Crippen LogP contribution in [0.4, 0.5) is 0 Å². The van der Waals surface area contributed by atoms with Crippen LogP contribution in [0.3, 0.4) is 0 Å². The lowest BCUT2D eigenvalue weighted by Crippen LogP contribution is -2.10. The topological polar surface area (TPSA) is 27.1 Å². The smallest absolute Gasteiger partial charge is 0.0844 e. The van der Waals surface area contributed by atoms with Gasteiger partial charge in [0.25, 0.3) is 0 Å². The van der Waals surface area contributed by atoms with E-state index in [0.717, 1.165) is 23.0 Å². The summed E-state index contributed by atoms with van der Waals surface area (Å²) in [6.07, 6.45) is 0. The molecule has 14 heavy (non-hydrogen) atoms. The van der Waals surface area contributed by atoms with Crippen molar-refractivity contribution >= 4 is 23.2 Å². The second kappa shape index (κ2) is 5.59. The molecule has 0 aromatic carbocycles. The van der Waals surface area contributed by atoms with E-state index in [0.29, 0.717) is 19.1 Å². The van der Waals surface area contributed by atoms with Crippen LogP contribution in [0.1, 0.15) is 11.4 Å². The zero-order valence-corrected chi connectivity index (χ0v) is 9.90. The first kappa shape index (κ1) is 11.8. The maximum atomic E-state index is 5.99. The third kappa shape index (κ3) is 2.87. The van der Waals surface area contributed by atoms with Crippen molar-refractivity contribution in [2.75, 3.05) is 19.1 Å². The van der Waals surface area contributed by atoms with Gasteiger partial charge < -0.3 is 4.74 Å². The highest BCUT2D eigenvalue weighted by Gasteiger charge is 2.07. The molecule has 0 N–H and O–H groups in total. The molecular weight excluding hydrogens is 223 g/mol. The lowest BCUT2D eigenvalue weighted by atomic mass is 10.4. The van der Waals surface area contributed by atoms with E-state index >= 15 is 0 Å². The summed E-state index contributed by atoms with van der Waals surface area (Å²) in [5.41, 5.74) is 1.85. The molecule has 1 aromatic heterocycles. The molecule has 0 saturated carbocycles. The summed E-state index contributed by atoms with van der Waals surface area (Å²) in [6.45, 7) is 5.76. The predicted octanol–water partition coefficient (Wildman–Crippen LogP) is 2.41. The molecule has 0 saturated heterocycles. The molecule has 0 atom stereocenters. The van der Waals surface area contributed by atoms with E-state index in [-0.39, 0.29) is 0 Å². The van der Waals surface area contributed by atoms with Crippen LogP contribution in [0.5, 0.6) is 0 Å². The highest BCUT2D eigenvalue weighted by Crippen LogP contribution is 2.18. The Labute approximate surface area is 93.9 Å². The first-order chi connectivity index (χ1) is 6.66. The fourth-order valence-electron chi connectivity index (χ4n) is 1.20. The van der Waals surface area contributed by atoms with Gasteiger partial charge in [-0.1, -0.05) is 11.6 Å². The zero-order valence-electron chi connectivity index (χ0n) is 8.39. The standard InChI is InChI=1S/C9H14Cl2N2O/c1-7-9(11)8(2)13(12-7)4-6-14-5-3-10/h3-6H2,1-2H3. The highest BCUT2D eigenvalue weighted by atomic mass is 35.5. The number of nitrogens with zero attached hydrogens (tertiary/aromatic N) is 2. The minimum absolute atomic E-state index is 0.526. The van der Waals surface area contributed by atoms with Gasteiger partial charge in [-0.2, -0.15) is 5.10 Å². The van der Waals surface area contributed by atoms with Crippen molar-refractivity contribution in [3.05, 3.63) is 16.4 Å². The van der Waals surface area contributed by atoms with Crippen LogP contribution in [-0.2, 0) is 11.3 Å². The lowest BCUT2D eigenvalue weighted by molar-refractivity contribution is 0.137. The van der Waals surface area contributed by atoms with E-state index in [1.807, 2.05) is 18.5 Å². The first-order valence-electron chi connectivity index (χ1n) is 4.50. The Kier molecular flexibility index (Phi) is 4.72. The van der Waals surface area contributed by atoms with Gasteiger partial charge in [0.15, 0.2) is 0 Å². The highest BCUT2D eigenvalue weighted by molar-refractivity contribution is 6.31. The molecule has 0 aliphatic rings. The molecule has 3 nitrogen and oxygen atoms in total. The lowest BCUT2D eigenvalue weighted by Gasteiger charge is -2.04. The van der Waals surface area contributed by atoms with E-state index in [1.54, 1.807) is 0 Å². The van der Waals surface area contributed by atoms with Crippen LogP contribution >= 0.6 is 23.2 Å². The summed E-state index contributed by atoms with van der Waals surface area (Å²) < 4.78 is 7.11. The Morgan fingerprint density at radius 3 is 2.57 bits per heavy atom. The van der Waals surface area contributed by atoms with E-state index in [1.165, 1.54) is 0 Å². The Morgan fingerprint density at radius 1 is 1.36 bits per heavy atom. The minimum atomic E-state index is 0.526. The maximum Gasteiger partial charge on any atom is 0.0844 e. The number of ether oxygens (including phenoxy) is 1. The maximum absolute atomic E-state index is 5.99. The summed E-state index contributed by atoms with van der Waals surface area (Å²) in [5.74, 6) is 0.526. The van der Waals surface area contributed by atoms with Crippen LogP contribution < -0.4 is 0 Å². The molecule has 0 fully saturated rings. The number of rotatable bonds is 5. The number of alkyl halides is 1. The fourth-order valence-corrected chi connectivity index (χ4v) is 1.44. The first-order valence-corrected chi connectivity index (χ1v) is 5.41. The molecule has 1 aromatic rings. The molecular formula is C9H14Cl2N2O. The normalized spacial score (nSPS) is 10.9. The molecule has 5 heteroatoms. The quantitative estimate of drug-likeness (QED) is 0.580. The number of aryl methyl sites for hydroxylation is 1. The average Bonchev–Trinajstić information content (AvgIpc) is 2.41. The molecule has 0 spiro atoms. The summed E-state index contributed by atoms with van der Waals surface area (Å²) in [4.78, 5) is 0. The molecule has 1 rings (SSSR count). The number of halogens is 2. The van der Waals surface area contributed by atoms with Crippen molar-refractivity contribution < 1.29 is 4.74 Å². The monoisotopic (exact) mass is 236 g/mol. The zero-order chi connectivity index (χ0) is 10.6. The predicted molar refractivity (Wildman–Crippen MR) is 58.3 cm³/mol. The molecule has 1 heterocycles. The summed E-state index contributed by atoms with van der Waals surface area (Å²) in [7, 11) is 0. The molecule has 0 unspecified atom stereocenters. The fraction of sp³-hybridized carbons (Fsp3) is 0.667. The van der Waals surface area contributed by atoms with Crippen LogP contribution in [0.25, 0.3) is 0 Å². The van der Waals surface area contributed by atoms with Crippen molar-refractivity contribution in [3.63, 3.8) is 0 Å². The van der Waals surface area contributed by atoms with Crippen molar-refractivity contribution in [3.8, 4) is 0 Å². The van der Waals surface area contributed by atoms with E-state index in [9.17, 15) is 0 Å². The third-order valence-electron chi connectivity index (χ3n) is 1.96. The molecule has 0 aliphatic heterocycles. The van der Waals surface area contributed by atoms with Crippen molar-refractivity contribution in [1.82, 2.24) is 9.78 Å². The SMILES string of the molecule is Cc1nn(CCOCCCl)c(C)c1Cl. The molecule has 0 radical (unpaired) electrons. The van der Waals surface area contributed by atoms with Gasteiger partial charge in [0.1, 0.15) is 0 Å². The third-order valence-corrected chi connectivity index (χ3v) is 2.66. The largest absolute Gasteiger partial charge is 0.378 e. The van der Waals surface area contributed by atoms with Crippen LogP contribution in [0, 0.1) is 13.8 Å². The summed E-state index contributed by atoms with van der Waals surface area (Å²) in [5, 5.41) is 5.02. The summed E-state index contributed by atoms with van der Waals surface area (Å²) in [6, 6.07) is 0. The van der Waals surface area contributed by atoms with Crippen molar-refractivity contribution in [1.29, 1.82) is 0 Å². The van der Waals surface area contributed by atoms with E-state index < -0.39 is 0 Å². The van der Waals surface area contributed by atoms with Gasteiger partial charge in [-0.15, -0.1) is 11.6 Å². The van der Waals surface area contributed by atoms with Gasteiger partial charge >= 0.3 is 0 Å². The van der Waals surface area contributed by atoms with Crippen molar-refractivity contribution in [2.24, 2.45) is 0 Å². The van der Waals surface area contributed by atoms with Crippen LogP contribution in [0.15, 0.2) is 0 Å². The van der Waals surface area contributed by atoms with Gasteiger partial charge in [0.05, 0.1) is 36.2 Å². The van der Waals surface area contributed by atoms with Crippen molar-refractivity contribution in [2.45, 2.75) is 20.4 Å². The Morgan fingerprint density at radius 2 is 2.07 bits per heavy atom. The number of hydrogen-bond acceptors (Lipinski definition) is 2. The molecule has 0 bridgehead atoms. The average molecular weight is 237 g/mol. The minimum Gasteiger partial charge on any atom is -0.378 e. The molecule has 0 aliphatic carbocycles. The van der Waals surface area contributed by atoms with Gasteiger partial charge in [-0.05, 0) is 13.8 Å². The Balaban J connectivity index is 2.47. The molecule has 0 amide bonds. The van der Waals surface area contributed by atoms with Crippen LogP contribution in [0.2, 0.25) is 5.02 Å². The van der Waals surface area contributed by atoms with Gasteiger partial charge in [0, 0.05) is 5.88 Å². The summed E-state index contributed by atoms with van der Waals surface area (Å²) >= 11 is 11.5. The van der Waals surface area contributed by atoms with Gasteiger partial charge in [-0.25, -0.2) is 0 Å².